The Balaban J connectivity index is 1.89. The summed E-state index contributed by atoms with van der Waals surface area (Å²) in [5, 5.41) is 6.04. The lowest BCUT2D eigenvalue weighted by Crippen LogP contribution is -2.36. The van der Waals surface area contributed by atoms with E-state index >= 15 is 0 Å². The highest BCUT2D eigenvalue weighted by atomic mass is 32.2. The lowest BCUT2D eigenvalue weighted by Gasteiger charge is -2.25. The van der Waals surface area contributed by atoms with E-state index in [4.69, 9.17) is 0 Å². The second-order valence-corrected chi connectivity index (χ2v) is 7.04. The van der Waals surface area contributed by atoms with Gasteiger partial charge in [-0.15, -0.1) is 0 Å². The number of carbonyl (C=O) groups excluding carboxylic acids is 1. The van der Waals surface area contributed by atoms with Crippen molar-refractivity contribution in [2.45, 2.75) is 18.9 Å². The molecule has 0 radical (unpaired) electrons. The number of aromatic nitrogens is 1. The van der Waals surface area contributed by atoms with Crippen molar-refractivity contribution in [3.63, 3.8) is 0 Å². The van der Waals surface area contributed by atoms with Crippen LogP contribution < -0.4 is 15.4 Å². The van der Waals surface area contributed by atoms with Gasteiger partial charge in [-0.1, -0.05) is 0 Å². The first-order valence-electron chi connectivity index (χ1n) is 7.08. The topological polar surface area (TPSA) is 92.2 Å². The van der Waals surface area contributed by atoms with Gasteiger partial charge in [0.1, 0.15) is 5.69 Å². The van der Waals surface area contributed by atoms with Crippen molar-refractivity contribution in [2.75, 3.05) is 32.4 Å². The van der Waals surface area contributed by atoms with Crippen LogP contribution in [0.4, 0.5) is 0 Å². The maximum atomic E-state index is 12.2. The number of hydrogen-bond donors (Lipinski definition) is 3. The first-order chi connectivity index (χ1) is 9.97. The average molecular weight is 314 g/mol. The zero-order valence-electron chi connectivity index (χ0n) is 12.1. The van der Waals surface area contributed by atoms with Crippen molar-refractivity contribution in [1.82, 2.24) is 19.9 Å². The van der Waals surface area contributed by atoms with Crippen molar-refractivity contribution in [3.05, 3.63) is 24.0 Å². The first kappa shape index (κ1) is 16.0. The Morgan fingerprint density at radius 2 is 2.10 bits per heavy atom. The van der Waals surface area contributed by atoms with Crippen molar-refractivity contribution in [1.29, 1.82) is 0 Å². The Kier molecular flexibility index (Phi) is 5.38. The fraction of sp³-hybridized carbons (Fsp3) is 0.615. The smallest absolute Gasteiger partial charge is 0.267 e. The highest BCUT2D eigenvalue weighted by molar-refractivity contribution is 7.88. The van der Waals surface area contributed by atoms with Gasteiger partial charge in [0.25, 0.3) is 5.91 Å². The molecule has 0 atom stereocenters. The Labute approximate surface area is 125 Å². The first-order valence-corrected chi connectivity index (χ1v) is 8.97. The third-order valence-corrected chi connectivity index (χ3v) is 4.22. The standard InChI is InChI=1S/C13H22N4O3S/c1-21(19,20)16-9-8-15-13(18)12-3-2-10-17(12)11-4-6-14-7-5-11/h2-3,10-11,14,16H,4-9H2,1H3,(H,15,18). The molecule has 1 aliphatic heterocycles. The highest BCUT2D eigenvalue weighted by Crippen LogP contribution is 2.21. The SMILES string of the molecule is CS(=O)(=O)NCCNC(=O)c1cccn1C1CCNCC1. The molecule has 1 fully saturated rings. The van der Waals surface area contributed by atoms with Crippen LogP contribution in [0.2, 0.25) is 0 Å². The molecule has 2 heterocycles. The molecule has 2 rings (SSSR count). The molecule has 0 spiro atoms. The summed E-state index contributed by atoms with van der Waals surface area (Å²) in [6.45, 7) is 2.38. The molecule has 0 aromatic carbocycles. The minimum Gasteiger partial charge on any atom is -0.349 e. The number of sulfonamides is 1. The van der Waals surface area contributed by atoms with Crippen LogP contribution in [0.3, 0.4) is 0 Å². The van der Waals surface area contributed by atoms with Gasteiger partial charge in [0.2, 0.25) is 10.0 Å². The molecular weight excluding hydrogens is 292 g/mol. The quantitative estimate of drug-likeness (QED) is 0.628. The van der Waals surface area contributed by atoms with Gasteiger partial charge in [-0.25, -0.2) is 13.1 Å². The highest BCUT2D eigenvalue weighted by Gasteiger charge is 2.19. The van der Waals surface area contributed by atoms with Crippen LogP contribution in [0, 0.1) is 0 Å². The zero-order chi connectivity index (χ0) is 15.3. The largest absolute Gasteiger partial charge is 0.349 e. The Morgan fingerprint density at radius 1 is 1.38 bits per heavy atom. The van der Waals surface area contributed by atoms with Crippen LogP contribution in [0.5, 0.6) is 0 Å². The molecule has 0 saturated carbocycles. The zero-order valence-corrected chi connectivity index (χ0v) is 12.9. The Bertz CT molecular complexity index is 576. The summed E-state index contributed by atoms with van der Waals surface area (Å²) in [7, 11) is -3.21. The third kappa shape index (κ3) is 4.83. The fourth-order valence-corrected chi connectivity index (χ4v) is 2.97. The monoisotopic (exact) mass is 314 g/mol. The van der Waals surface area contributed by atoms with Crippen LogP contribution in [0.15, 0.2) is 18.3 Å². The molecule has 1 amide bonds. The van der Waals surface area contributed by atoms with Gasteiger partial charge >= 0.3 is 0 Å². The molecule has 1 saturated heterocycles. The molecule has 7 nitrogen and oxygen atoms in total. The van der Waals surface area contributed by atoms with Crippen molar-refractivity contribution in [3.8, 4) is 0 Å². The summed E-state index contributed by atoms with van der Waals surface area (Å²) in [4.78, 5) is 12.2. The van der Waals surface area contributed by atoms with Gasteiger partial charge < -0.3 is 15.2 Å². The van der Waals surface area contributed by atoms with Crippen LogP contribution >= 0.6 is 0 Å². The van der Waals surface area contributed by atoms with E-state index in [1.165, 1.54) is 0 Å². The van der Waals surface area contributed by atoms with Gasteiger partial charge in [0, 0.05) is 25.3 Å². The number of piperidine rings is 1. The normalized spacial score (nSPS) is 16.8. The summed E-state index contributed by atoms with van der Waals surface area (Å²) in [6, 6.07) is 4.00. The fourth-order valence-electron chi connectivity index (χ4n) is 2.49. The predicted molar refractivity (Wildman–Crippen MR) is 80.8 cm³/mol. The van der Waals surface area contributed by atoms with E-state index in [9.17, 15) is 13.2 Å². The number of nitrogens with zero attached hydrogens (tertiary/aromatic N) is 1. The molecule has 118 valence electrons. The van der Waals surface area contributed by atoms with E-state index in [-0.39, 0.29) is 19.0 Å². The molecule has 1 aliphatic rings. The van der Waals surface area contributed by atoms with E-state index in [0.717, 1.165) is 32.2 Å². The van der Waals surface area contributed by atoms with Gasteiger partial charge in [-0.05, 0) is 38.1 Å². The second kappa shape index (κ2) is 7.06. The Morgan fingerprint density at radius 3 is 2.76 bits per heavy atom. The van der Waals surface area contributed by atoms with Crippen LogP contribution in [0.1, 0.15) is 29.4 Å². The molecule has 3 N–H and O–H groups in total. The van der Waals surface area contributed by atoms with Gasteiger partial charge in [0.15, 0.2) is 0 Å². The molecule has 0 aliphatic carbocycles. The molecule has 0 bridgehead atoms. The summed E-state index contributed by atoms with van der Waals surface area (Å²) >= 11 is 0. The Hall–Kier alpha value is -1.38. The number of nitrogens with one attached hydrogen (secondary N) is 3. The van der Waals surface area contributed by atoms with Gasteiger partial charge in [0.05, 0.1) is 6.26 Å². The van der Waals surface area contributed by atoms with Crippen molar-refractivity contribution >= 4 is 15.9 Å². The predicted octanol–water partition coefficient (Wildman–Crippen LogP) is -0.308. The summed E-state index contributed by atoms with van der Waals surface area (Å²) in [5.74, 6) is -0.172. The van der Waals surface area contributed by atoms with E-state index in [1.807, 2.05) is 16.8 Å². The van der Waals surface area contributed by atoms with E-state index < -0.39 is 10.0 Å². The van der Waals surface area contributed by atoms with Gasteiger partial charge in [-0.2, -0.15) is 0 Å². The lowest BCUT2D eigenvalue weighted by molar-refractivity contribution is 0.0941. The molecular formula is C13H22N4O3S. The molecule has 21 heavy (non-hydrogen) atoms. The van der Waals surface area contributed by atoms with Crippen LogP contribution in [0.25, 0.3) is 0 Å². The van der Waals surface area contributed by atoms with Crippen LogP contribution in [-0.4, -0.2) is 51.3 Å². The van der Waals surface area contributed by atoms with Crippen molar-refractivity contribution < 1.29 is 13.2 Å². The molecule has 1 aromatic rings. The number of rotatable bonds is 6. The maximum Gasteiger partial charge on any atom is 0.267 e. The van der Waals surface area contributed by atoms with Crippen molar-refractivity contribution in [2.24, 2.45) is 0 Å². The van der Waals surface area contributed by atoms with E-state index in [0.29, 0.717) is 11.7 Å². The minimum atomic E-state index is -3.21. The lowest BCUT2D eigenvalue weighted by atomic mass is 10.1. The average Bonchev–Trinajstić information content (AvgIpc) is 2.93. The molecule has 1 aromatic heterocycles. The number of carbonyl (C=O) groups is 1. The third-order valence-electron chi connectivity index (χ3n) is 3.49. The molecule has 0 unspecified atom stereocenters. The van der Waals surface area contributed by atoms with E-state index in [2.05, 4.69) is 15.4 Å². The van der Waals surface area contributed by atoms with Crippen LogP contribution in [-0.2, 0) is 10.0 Å². The number of hydrogen-bond acceptors (Lipinski definition) is 4. The summed E-state index contributed by atoms with van der Waals surface area (Å²) in [6.07, 6.45) is 5.03. The number of amides is 1. The summed E-state index contributed by atoms with van der Waals surface area (Å²) < 4.78 is 26.2. The maximum absolute atomic E-state index is 12.2. The molecule has 8 heteroatoms. The van der Waals surface area contributed by atoms with E-state index in [1.54, 1.807) is 6.07 Å². The second-order valence-electron chi connectivity index (χ2n) is 5.20. The van der Waals surface area contributed by atoms with Gasteiger partial charge in [-0.3, -0.25) is 4.79 Å². The minimum absolute atomic E-state index is 0.172. The summed E-state index contributed by atoms with van der Waals surface area (Å²) in [5.41, 5.74) is 0.626.